The van der Waals surface area contributed by atoms with Gasteiger partial charge in [0.15, 0.2) is 11.3 Å². The lowest BCUT2D eigenvalue weighted by atomic mass is 10.1. The summed E-state index contributed by atoms with van der Waals surface area (Å²) in [7, 11) is 0. The predicted octanol–water partition coefficient (Wildman–Crippen LogP) is 3.61. The van der Waals surface area contributed by atoms with Crippen LogP contribution in [0.4, 0.5) is 0 Å². The third-order valence-corrected chi connectivity index (χ3v) is 5.42. The zero-order valence-electron chi connectivity index (χ0n) is 13.8. The molecule has 1 aliphatic heterocycles. The summed E-state index contributed by atoms with van der Waals surface area (Å²) in [4.78, 5) is 23.5. The van der Waals surface area contributed by atoms with E-state index < -0.39 is 0 Å². The second-order valence-corrected chi connectivity index (χ2v) is 7.38. The highest BCUT2D eigenvalue weighted by molar-refractivity contribution is 7.09. The van der Waals surface area contributed by atoms with Gasteiger partial charge in [-0.15, -0.1) is 11.3 Å². The van der Waals surface area contributed by atoms with E-state index in [1.54, 1.807) is 17.4 Å². The van der Waals surface area contributed by atoms with E-state index in [2.05, 4.69) is 15.3 Å². The van der Waals surface area contributed by atoms with Crippen LogP contribution in [-0.4, -0.2) is 33.9 Å². The number of rotatable bonds is 3. The Kier molecular flexibility index (Phi) is 3.84. The van der Waals surface area contributed by atoms with Crippen LogP contribution in [0.2, 0.25) is 0 Å². The van der Waals surface area contributed by atoms with Crippen molar-refractivity contribution >= 4 is 28.3 Å². The quantitative estimate of drug-likeness (QED) is 0.730. The number of pyridine rings is 1. The molecule has 1 amide bonds. The summed E-state index contributed by atoms with van der Waals surface area (Å²) in [5.74, 6) is 0.821. The molecule has 0 aliphatic carbocycles. The fourth-order valence-electron chi connectivity index (χ4n) is 3.21. The predicted molar refractivity (Wildman–Crippen MR) is 93.3 cm³/mol. The van der Waals surface area contributed by atoms with Gasteiger partial charge in [-0.2, -0.15) is 0 Å². The molecule has 1 atom stereocenters. The second kappa shape index (κ2) is 6.02. The van der Waals surface area contributed by atoms with Gasteiger partial charge in [-0.1, -0.05) is 0 Å². The molecule has 0 N–H and O–H groups in total. The minimum absolute atomic E-state index is 0.0385. The van der Waals surface area contributed by atoms with Crippen molar-refractivity contribution in [3.8, 4) is 0 Å². The molecule has 0 bridgehead atoms. The van der Waals surface area contributed by atoms with Gasteiger partial charge in [0, 0.05) is 42.3 Å². The van der Waals surface area contributed by atoms with E-state index in [9.17, 15) is 4.79 Å². The highest BCUT2D eigenvalue weighted by atomic mass is 32.1. The van der Waals surface area contributed by atoms with Crippen molar-refractivity contribution in [1.82, 2.24) is 14.9 Å². The number of aromatic nitrogens is 2. The Morgan fingerprint density at radius 1 is 1.33 bits per heavy atom. The minimum Gasteiger partial charge on any atom is -0.449 e. The number of furan rings is 1. The molecule has 0 radical (unpaired) electrons. The number of hydrogen-bond acceptors (Lipinski definition) is 5. The molecule has 124 valence electrons. The smallest absolute Gasteiger partial charge is 0.289 e. The fraction of sp³-hybridized carbons (Fsp3) is 0.389. The van der Waals surface area contributed by atoms with Crippen molar-refractivity contribution in [1.29, 1.82) is 0 Å². The molecule has 1 saturated heterocycles. The van der Waals surface area contributed by atoms with E-state index in [0.29, 0.717) is 17.3 Å². The average molecular weight is 341 g/mol. The number of amides is 1. The zero-order chi connectivity index (χ0) is 16.7. The van der Waals surface area contributed by atoms with Gasteiger partial charge >= 0.3 is 0 Å². The molecule has 0 aromatic carbocycles. The lowest BCUT2D eigenvalue weighted by molar-refractivity contribution is 0.0758. The van der Waals surface area contributed by atoms with E-state index >= 15 is 0 Å². The van der Waals surface area contributed by atoms with Crippen molar-refractivity contribution in [2.75, 3.05) is 13.1 Å². The van der Waals surface area contributed by atoms with Crippen LogP contribution in [0.25, 0.3) is 11.1 Å². The number of thiazole rings is 1. The molecule has 1 fully saturated rings. The van der Waals surface area contributed by atoms with E-state index in [1.165, 1.54) is 0 Å². The van der Waals surface area contributed by atoms with Crippen LogP contribution in [0.3, 0.4) is 0 Å². The van der Waals surface area contributed by atoms with Crippen LogP contribution in [0.5, 0.6) is 0 Å². The average Bonchev–Trinajstić information content (AvgIpc) is 3.26. The summed E-state index contributed by atoms with van der Waals surface area (Å²) in [5, 5.41) is 3.24. The maximum atomic E-state index is 12.7. The molecular formula is C18H19N3O2S. The molecule has 4 rings (SSSR count). The first kappa shape index (κ1) is 15.3. The number of aryl methyl sites for hydroxylation is 2. The number of fused-ring (bicyclic) bond motifs is 1. The normalized spacial score (nSPS) is 17.8. The molecule has 4 heterocycles. The van der Waals surface area contributed by atoms with Crippen molar-refractivity contribution in [3.63, 3.8) is 0 Å². The molecule has 0 spiro atoms. The summed E-state index contributed by atoms with van der Waals surface area (Å²) in [5.41, 5.74) is 3.40. The van der Waals surface area contributed by atoms with Gasteiger partial charge in [0.2, 0.25) is 0 Å². The summed E-state index contributed by atoms with van der Waals surface area (Å²) in [6.45, 7) is 5.49. The number of nitrogens with zero attached hydrogens (tertiary/aromatic N) is 3. The summed E-state index contributed by atoms with van der Waals surface area (Å²) < 4.78 is 5.69. The topological polar surface area (TPSA) is 59.2 Å². The van der Waals surface area contributed by atoms with E-state index in [4.69, 9.17) is 4.42 Å². The maximum Gasteiger partial charge on any atom is 0.289 e. The Balaban J connectivity index is 1.46. The van der Waals surface area contributed by atoms with Crippen LogP contribution in [0, 0.1) is 19.8 Å². The maximum absolute atomic E-state index is 12.7. The Hall–Kier alpha value is -2.21. The molecule has 1 aliphatic rings. The Morgan fingerprint density at radius 3 is 3.00 bits per heavy atom. The van der Waals surface area contributed by atoms with Crippen LogP contribution >= 0.6 is 11.3 Å². The van der Waals surface area contributed by atoms with Gasteiger partial charge in [0.05, 0.1) is 5.01 Å². The molecule has 3 aromatic rings. The summed E-state index contributed by atoms with van der Waals surface area (Å²) >= 11 is 1.71. The Morgan fingerprint density at radius 2 is 2.21 bits per heavy atom. The first-order valence-electron chi connectivity index (χ1n) is 8.16. The second-order valence-electron chi connectivity index (χ2n) is 6.44. The van der Waals surface area contributed by atoms with E-state index in [0.717, 1.165) is 47.8 Å². The standard InChI is InChI=1S/C18H19N3O2S/c1-11-3-4-15-14(19-11)8-16(23-15)18(22)21-6-5-13(9-21)7-17-20-12(2)10-24-17/h3-4,8,10,13H,5-7,9H2,1-2H3. The van der Waals surface area contributed by atoms with Gasteiger partial charge < -0.3 is 9.32 Å². The number of likely N-dealkylation sites (tertiary alicyclic amines) is 1. The minimum atomic E-state index is -0.0385. The highest BCUT2D eigenvalue weighted by Crippen LogP contribution is 2.25. The number of hydrogen-bond donors (Lipinski definition) is 0. The van der Waals surface area contributed by atoms with Crippen molar-refractivity contribution in [2.24, 2.45) is 5.92 Å². The van der Waals surface area contributed by atoms with Crippen LogP contribution in [-0.2, 0) is 6.42 Å². The molecule has 0 saturated carbocycles. The van der Waals surface area contributed by atoms with Gasteiger partial charge in [0.1, 0.15) is 5.52 Å². The monoisotopic (exact) mass is 341 g/mol. The number of carbonyl (C=O) groups is 1. The zero-order valence-corrected chi connectivity index (χ0v) is 14.6. The van der Waals surface area contributed by atoms with Crippen molar-refractivity contribution in [2.45, 2.75) is 26.7 Å². The van der Waals surface area contributed by atoms with Crippen molar-refractivity contribution in [3.05, 3.63) is 45.7 Å². The molecule has 5 nitrogen and oxygen atoms in total. The number of carbonyl (C=O) groups excluding carboxylic acids is 1. The Bertz CT molecular complexity index is 899. The van der Waals surface area contributed by atoms with Gasteiger partial charge in [0.25, 0.3) is 5.91 Å². The largest absolute Gasteiger partial charge is 0.449 e. The van der Waals surface area contributed by atoms with E-state index in [-0.39, 0.29) is 5.91 Å². The molecule has 6 heteroatoms. The third kappa shape index (κ3) is 2.94. The Labute approximate surface area is 144 Å². The molecule has 1 unspecified atom stereocenters. The fourth-order valence-corrected chi connectivity index (χ4v) is 4.10. The van der Waals surface area contributed by atoms with Gasteiger partial charge in [-0.05, 0) is 38.3 Å². The summed E-state index contributed by atoms with van der Waals surface area (Å²) in [6.07, 6.45) is 1.96. The molecular weight excluding hydrogens is 322 g/mol. The third-order valence-electron chi connectivity index (χ3n) is 4.43. The van der Waals surface area contributed by atoms with Crippen molar-refractivity contribution < 1.29 is 9.21 Å². The highest BCUT2D eigenvalue weighted by Gasteiger charge is 2.29. The lowest BCUT2D eigenvalue weighted by Crippen LogP contribution is -2.28. The lowest BCUT2D eigenvalue weighted by Gasteiger charge is -2.14. The SMILES string of the molecule is Cc1csc(CC2CCN(C(=O)c3cc4nc(C)ccc4o3)C2)n1. The van der Waals surface area contributed by atoms with Gasteiger partial charge in [-0.25, -0.2) is 9.97 Å². The summed E-state index contributed by atoms with van der Waals surface area (Å²) in [6, 6.07) is 5.51. The van der Waals surface area contributed by atoms with Gasteiger partial charge in [-0.3, -0.25) is 4.79 Å². The van der Waals surface area contributed by atoms with Crippen LogP contribution in [0.1, 0.15) is 33.4 Å². The first-order chi connectivity index (χ1) is 11.6. The van der Waals surface area contributed by atoms with Crippen LogP contribution < -0.4 is 0 Å². The van der Waals surface area contributed by atoms with Crippen LogP contribution in [0.15, 0.2) is 28.0 Å². The first-order valence-corrected chi connectivity index (χ1v) is 9.04. The van der Waals surface area contributed by atoms with E-state index in [1.807, 2.05) is 30.9 Å². The molecule has 24 heavy (non-hydrogen) atoms. The molecule has 3 aromatic heterocycles.